The van der Waals surface area contributed by atoms with Crippen LogP contribution in [0.3, 0.4) is 0 Å². The molecule has 2 rings (SSSR count). The summed E-state index contributed by atoms with van der Waals surface area (Å²) < 4.78 is 5.18. The van der Waals surface area contributed by atoms with E-state index in [0.29, 0.717) is 0 Å². The molecule has 0 aliphatic rings. The molecule has 0 bridgehead atoms. The lowest BCUT2D eigenvalue weighted by atomic mass is 9.96. The maximum absolute atomic E-state index is 10.4. The van der Waals surface area contributed by atoms with Gasteiger partial charge in [-0.15, -0.1) is 0 Å². The van der Waals surface area contributed by atoms with Crippen LogP contribution >= 0.6 is 0 Å². The lowest BCUT2D eigenvalue weighted by molar-refractivity contribution is 0.219. The second-order valence-electron chi connectivity index (χ2n) is 4.54. The van der Waals surface area contributed by atoms with Gasteiger partial charge in [0.25, 0.3) is 0 Å². The second-order valence-corrected chi connectivity index (χ2v) is 4.54. The lowest BCUT2D eigenvalue weighted by Crippen LogP contribution is -2.02. The number of rotatable bonds is 3. The molecule has 0 saturated carbocycles. The van der Waals surface area contributed by atoms with E-state index in [0.717, 1.165) is 22.4 Å². The van der Waals surface area contributed by atoms with Crippen molar-refractivity contribution >= 4 is 0 Å². The Labute approximate surface area is 108 Å². The van der Waals surface area contributed by atoms with Gasteiger partial charge in [0.2, 0.25) is 0 Å². The van der Waals surface area contributed by atoms with Crippen LogP contribution in [0.2, 0.25) is 0 Å². The third-order valence-electron chi connectivity index (χ3n) is 3.13. The molecule has 1 unspecified atom stereocenters. The van der Waals surface area contributed by atoms with Gasteiger partial charge in [-0.3, -0.25) is 0 Å². The molecule has 2 nitrogen and oxygen atoms in total. The Bertz CT molecular complexity index is 547. The van der Waals surface area contributed by atoms with Gasteiger partial charge in [0, 0.05) is 0 Å². The van der Waals surface area contributed by atoms with Crippen LogP contribution in [-0.4, -0.2) is 12.2 Å². The standard InChI is InChI=1S/C16H18O2/c1-11-7-8-15(12(2)9-11)16(17)13-5-4-6-14(10-13)18-3/h4-10,16-17H,1-3H3. The zero-order valence-corrected chi connectivity index (χ0v) is 11.0. The summed E-state index contributed by atoms with van der Waals surface area (Å²) in [5.41, 5.74) is 4.09. The maximum Gasteiger partial charge on any atom is 0.119 e. The van der Waals surface area contributed by atoms with Crippen molar-refractivity contribution in [3.05, 3.63) is 64.7 Å². The summed E-state index contributed by atoms with van der Waals surface area (Å²) in [5.74, 6) is 0.760. The van der Waals surface area contributed by atoms with E-state index < -0.39 is 6.10 Å². The van der Waals surface area contributed by atoms with Gasteiger partial charge in [-0.1, -0.05) is 35.9 Å². The summed E-state index contributed by atoms with van der Waals surface area (Å²) in [4.78, 5) is 0. The molecular weight excluding hydrogens is 224 g/mol. The molecule has 0 spiro atoms. The maximum atomic E-state index is 10.4. The number of aliphatic hydroxyl groups excluding tert-OH is 1. The summed E-state index contributed by atoms with van der Waals surface area (Å²) in [7, 11) is 1.63. The molecule has 2 aromatic rings. The van der Waals surface area contributed by atoms with E-state index in [4.69, 9.17) is 4.74 Å². The van der Waals surface area contributed by atoms with Crippen LogP contribution < -0.4 is 4.74 Å². The van der Waals surface area contributed by atoms with Crippen molar-refractivity contribution in [2.45, 2.75) is 20.0 Å². The van der Waals surface area contributed by atoms with E-state index in [1.165, 1.54) is 5.56 Å². The first kappa shape index (κ1) is 12.7. The van der Waals surface area contributed by atoms with Gasteiger partial charge in [-0.05, 0) is 42.7 Å². The van der Waals surface area contributed by atoms with Gasteiger partial charge >= 0.3 is 0 Å². The molecule has 0 saturated heterocycles. The number of hydrogen-bond donors (Lipinski definition) is 1. The first-order valence-corrected chi connectivity index (χ1v) is 6.01. The van der Waals surface area contributed by atoms with E-state index >= 15 is 0 Å². The zero-order valence-electron chi connectivity index (χ0n) is 11.0. The zero-order chi connectivity index (χ0) is 13.1. The summed E-state index contributed by atoms with van der Waals surface area (Å²) in [6.45, 7) is 4.07. The van der Waals surface area contributed by atoms with Crippen molar-refractivity contribution in [2.24, 2.45) is 0 Å². The van der Waals surface area contributed by atoms with Gasteiger partial charge in [-0.2, -0.15) is 0 Å². The van der Waals surface area contributed by atoms with E-state index in [2.05, 4.69) is 13.0 Å². The van der Waals surface area contributed by atoms with Crippen LogP contribution in [0.15, 0.2) is 42.5 Å². The fraction of sp³-hybridized carbons (Fsp3) is 0.250. The predicted octanol–water partition coefficient (Wildman–Crippen LogP) is 3.39. The normalized spacial score (nSPS) is 12.2. The second kappa shape index (κ2) is 5.23. The van der Waals surface area contributed by atoms with E-state index in [-0.39, 0.29) is 0 Å². The minimum Gasteiger partial charge on any atom is -0.497 e. The molecule has 0 aliphatic heterocycles. The number of hydrogen-bond acceptors (Lipinski definition) is 2. The Kier molecular flexibility index (Phi) is 3.68. The average Bonchev–Trinajstić information content (AvgIpc) is 2.38. The highest BCUT2D eigenvalue weighted by Gasteiger charge is 2.13. The van der Waals surface area contributed by atoms with E-state index in [1.807, 2.05) is 43.3 Å². The largest absolute Gasteiger partial charge is 0.497 e. The Morgan fingerprint density at radius 3 is 2.50 bits per heavy atom. The molecule has 18 heavy (non-hydrogen) atoms. The van der Waals surface area contributed by atoms with Crippen LogP contribution in [0.4, 0.5) is 0 Å². The molecular formula is C16H18O2. The molecule has 0 heterocycles. The summed E-state index contributed by atoms with van der Waals surface area (Å²) in [6.07, 6.45) is -0.610. The average molecular weight is 242 g/mol. The van der Waals surface area contributed by atoms with Crippen molar-refractivity contribution in [1.82, 2.24) is 0 Å². The fourth-order valence-corrected chi connectivity index (χ4v) is 2.12. The van der Waals surface area contributed by atoms with Crippen LogP contribution in [-0.2, 0) is 0 Å². The molecule has 1 N–H and O–H groups in total. The molecule has 0 fully saturated rings. The molecule has 0 aromatic heterocycles. The SMILES string of the molecule is COc1cccc(C(O)c2ccc(C)cc2C)c1. The monoisotopic (exact) mass is 242 g/mol. The Hall–Kier alpha value is -1.80. The minimum atomic E-state index is -0.610. The quantitative estimate of drug-likeness (QED) is 0.894. The molecule has 2 heteroatoms. The van der Waals surface area contributed by atoms with Gasteiger partial charge in [0.15, 0.2) is 0 Å². The van der Waals surface area contributed by atoms with Crippen LogP contribution in [0.5, 0.6) is 5.75 Å². The van der Waals surface area contributed by atoms with Crippen LogP contribution in [0.25, 0.3) is 0 Å². The van der Waals surface area contributed by atoms with Crippen molar-refractivity contribution in [3.63, 3.8) is 0 Å². The van der Waals surface area contributed by atoms with Crippen molar-refractivity contribution in [2.75, 3.05) is 7.11 Å². The third-order valence-corrected chi connectivity index (χ3v) is 3.13. The highest BCUT2D eigenvalue weighted by molar-refractivity contribution is 5.39. The Morgan fingerprint density at radius 1 is 1.06 bits per heavy atom. The van der Waals surface area contributed by atoms with E-state index in [9.17, 15) is 5.11 Å². The van der Waals surface area contributed by atoms with Crippen molar-refractivity contribution in [1.29, 1.82) is 0 Å². The molecule has 0 amide bonds. The van der Waals surface area contributed by atoms with Gasteiger partial charge in [-0.25, -0.2) is 0 Å². The summed E-state index contributed by atoms with van der Waals surface area (Å²) in [6, 6.07) is 13.6. The fourth-order valence-electron chi connectivity index (χ4n) is 2.12. The van der Waals surface area contributed by atoms with E-state index in [1.54, 1.807) is 7.11 Å². The number of methoxy groups -OCH3 is 1. The van der Waals surface area contributed by atoms with Gasteiger partial charge in [0.1, 0.15) is 11.9 Å². The van der Waals surface area contributed by atoms with Crippen LogP contribution in [0.1, 0.15) is 28.4 Å². The number of benzene rings is 2. The Balaban J connectivity index is 2.37. The highest BCUT2D eigenvalue weighted by Crippen LogP contribution is 2.27. The van der Waals surface area contributed by atoms with Crippen molar-refractivity contribution < 1.29 is 9.84 Å². The number of ether oxygens (including phenoxy) is 1. The Morgan fingerprint density at radius 2 is 1.83 bits per heavy atom. The number of aryl methyl sites for hydroxylation is 2. The van der Waals surface area contributed by atoms with Gasteiger partial charge < -0.3 is 9.84 Å². The molecule has 2 aromatic carbocycles. The molecule has 94 valence electrons. The first-order chi connectivity index (χ1) is 8.61. The van der Waals surface area contributed by atoms with Crippen molar-refractivity contribution in [3.8, 4) is 5.75 Å². The lowest BCUT2D eigenvalue weighted by Gasteiger charge is -2.15. The smallest absolute Gasteiger partial charge is 0.119 e. The third kappa shape index (κ3) is 2.54. The highest BCUT2D eigenvalue weighted by atomic mass is 16.5. The minimum absolute atomic E-state index is 0.610. The van der Waals surface area contributed by atoms with Gasteiger partial charge in [0.05, 0.1) is 7.11 Å². The number of aliphatic hydroxyl groups is 1. The molecule has 0 aliphatic carbocycles. The molecule has 1 atom stereocenters. The first-order valence-electron chi connectivity index (χ1n) is 6.01. The van der Waals surface area contributed by atoms with Crippen LogP contribution in [0, 0.1) is 13.8 Å². The summed E-state index contributed by atoms with van der Waals surface area (Å²) >= 11 is 0. The summed E-state index contributed by atoms with van der Waals surface area (Å²) in [5, 5.41) is 10.4. The molecule has 0 radical (unpaired) electrons. The predicted molar refractivity (Wildman–Crippen MR) is 73.0 cm³/mol. The topological polar surface area (TPSA) is 29.5 Å².